The number of piperidine rings is 1. The standard InChI is InChI=1S/C29H28N4O2S/c1-20(32-16-8-3-9-17-32)28-30-31-29(33(28)23-11-4-2-5-12-23)36-19-22-18-26(34)35-25-15-14-21-10-6-7-13-24(21)27(22)25/h2,4-7,10-15,18,20H,3,8-9,16-17,19H2,1H3. The second-order valence-electron chi connectivity index (χ2n) is 9.32. The van der Waals surface area contributed by atoms with Crippen LogP contribution in [0.4, 0.5) is 0 Å². The molecule has 36 heavy (non-hydrogen) atoms. The summed E-state index contributed by atoms with van der Waals surface area (Å²) in [5.74, 6) is 1.53. The van der Waals surface area contributed by atoms with Gasteiger partial charge in [-0.15, -0.1) is 10.2 Å². The molecule has 0 radical (unpaired) electrons. The van der Waals surface area contributed by atoms with Crippen molar-refractivity contribution in [1.29, 1.82) is 0 Å². The lowest BCUT2D eigenvalue weighted by Gasteiger charge is -2.31. The quantitative estimate of drug-likeness (QED) is 0.155. The summed E-state index contributed by atoms with van der Waals surface area (Å²) in [5.41, 5.74) is 2.26. The van der Waals surface area contributed by atoms with Gasteiger partial charge >= 0.3 is 5.63 Å². The zero-order valence-corrected chi connectivity index (χ0v) is 21.1. The average molecular weight is 497 g/mol. The van der Waals surface area contributed by atoms with Gasteiger partial charge in [0.25, 0.3) is 0 Å². The van der Waals surface area contributed by atoms with Crippen LogP contribution < -0.4 is 5.63 Å². The first kappa shape index (κ1) is 23.0. The molecule has 3 heterocycles. The molecule has 3 aromatic carbocycles. The Morgan fingerprint density at radius 3 is 2.56 bits per heavy atom. The minimum Gasteiger partial charge on any atom is -0.423 e. The number of likely N-dealkylation sites (tertiary alicyclic amines) is 1. The number of hydrogen-bond acceptors (Lipinski definition) is 6. The number of para-hydroxylation sites is 1. The van der Waals surface area contributed by atoms with E-state index in [4.69, 9.17) is 4.42 Å². The van der Waals surface area contributed by atoms with Gasteiger partial charge in [-0.2, -0.15) is 0 Å². The summed E-state index contributed by atoms with van der Waals surface area (Å²) in [7, 11) is 0. The second-order valence-corrected chi connectivity index (χ2v) is 10.3. The average Bonchev–Trinajstić information content (AvgIpc) is 3.36. The van der Waals surface area contributed by atoms with Crippen molar-refractivity contribution in [2.45, 2.75) is 43.1 Å². The predicted molar refractivity (Wildman–Crippen MR) is 145 cm³/mol. The van der Waals surface area contributed by atoms with E-state index in [0.29, 0.717) is 11.3 Å². The van der Waals surface area contributed by atoms with E-state index >= 15 is 0 Å². The van der Waals surface area contributed by atoms with Crippen LogP contribution in [0.2, 0.25) is 0 Å². The van der Waals surface area contributed by atoms with Gasteiger partial charge in [0.1, 0.15) is 5.58 Å². The van der Waals surface area contributed by atoms with Gasteiger partial charge in [-0.3, -0.25) is 9.47 Å². The van der Waals surface area contributed by atoms with Crippen molar-refractivity contribution < 1.29 is 4.42 Å². The first-order chi connectivity index (χ1) is 17.7. The Morgan fingerprint density at radius 2 is 1.72 bits per heavy atom. The fraction of sp³-hybridized carbons (Fsp3) is 0.276. The van der Waals surface area contributed by atoms with Crippen LogP contribution in [0.15, 0.2) is 87.2 Å². The zero-order chi connectivity index (χ0) is 24.5. The van der Waals surface area contributed by atoms with Crippen molar-refractivity contribution >= 4 is 33.5 Å². The molecule has 1 saturated heterocycles. The van der Waals surface area contributed by atoms with Crippen LogP contribution in [0, 0.1) is 0 Å². The van der Waals surface area contributed by atoms with E-state index in [2.05, 4.69) is 50.9 Å². The van der Waals surface area contributed by atoms with Crippen LogP contribution in [-0.2, 0) is 5.75 Å². The Balaban J connectivity index is 1.40. The van der Waals surface area contributed by atoms with E-state index in [1.165, 1.54) is 19.3 Å². The fourth-order valence-electron chi connectivity index (χ4n) is 5.21. The highest BCUT2D eigenvalue weighted by atomic mass is 32.2. The predicted octanol–water partition coefficient (Wildman–Crippen LogP) is 6.37. The summed E-state index contributed by atoms with van der Waals surface area (Å²) < 4.78 is 7.73. The Labute approximate surface area is 213 Å². The first-order valence-corrected chi connectivity index (χ1v) is 13.5. The van der Waals surface area contributed by atoms with E-state index in [9.17, 15) is 4.79 Å². The van der Waals surface area contributed by atoms with Gasteiger partial charge in [0.2, 0.25) is 0 Å². The number of benzene rings is 3. The summed E-state index contributed by atoms with van der Waals surface area (Å²) in [5, 5.41) is 13.3. The van der Waals surface area contributed by atoms with Gasteiger partial charge in [-0.1, -0.05) is 66.7 Å². The molecule has 0 spiro atoms. The molecular formula is C29H28N4O2S. The van der Waals surface area contributed by atoms with Crippen molar-refractivity contribution in [1.82, 2.24) is 19.7 Å². The van der Waals surface area contributed by atoms with E-state index in [1.807, 2.05) is 42.5 Å². The lowest BCUT2D eigenvalue weighted by molar-refractivity contribution is 0.167. The monoisotopic (exact) mass is 496 g/mol. The van der Waals surface area contributed by atoms with Crippen LogP contribution in [0.3, 0.4) is 0 Å². The molecule has 0 aliphatic carbocycles. The maximum Gasteiger partial charge on any atom is 0.336 e. The summed E-state index contributed by atoms with van der Waals surface area (Å²) in [6.45, 7) is 4.40. The topological polar surface area (TPSA) is 64.2 Å². The molecule has 1 aliphatic rings. The van der Waals surface area contributed by atoms with Crippen LogP contribution in [0.1, 0.15) is 43.6 Å². The van der Waals surface area contributed by atoms with Crippen molar-refractivity contribution in [2.75, 3.05) is 13.1 Å². The minimum absolute atomic E-state index is 0.167. The largest absolute Gasteiger partial charge is 0.423 e. The maximum absolute atomic E-state index is 12.4. The molecule has 0 amide bonds. The molecule has 7 heteroatoms. The highest BCUT2D eigenvalue weighted by Gasteiger charge is 2.25. The molecular weight excluding hydrogens is 468 g/mol. The number of thioether (sulfide) groups is 1. The van der Waals surface area contributed by atoms with E-state index < -0.39 is 0 Å². The van der Waals surface area contributed by atoms with Crippen LogP contribution in [0.5, 0.6) is 0 Å². The third-order valence-corrected chi connectivity index (χ3v) is 8.03. The van der Waals surface area contributed by atoms with Crippen molar-refractivity contribution in [3.8, 4) is 5.69 Å². The molecule has 2 aromatic heterocycles. The molecule has 0 N–H and O–H groups in total. The first-order valence-electron chi connectivity index (χ1n) is 12.5. The van der Waals surface area contributed by atoms with E-state index in [0.717, 1.165) is 51.5 Å². The van der Waals surface area contributed by atoms with Crippen molar-refractivity contribution in [3.05, 3.63) is 94.6 Å². The Hall–Kier alpha value is -3.42. The van der Waals surface area contributed by atoms with Crippen LogP contribution in [0.25, 0.3) is 27.4 Å². The van der Waals surface area contributed by atoms with Gasteiger partial charge in [-0.05, 0) is 67.4 Å². The molecule has 6 rings (SSSR count). The number of aromatic nitrogens is 3. The number of rotatable bonds is 6. The maximum atomic E-state index is 12.4. The highest BCUT2D eigenvalue weighted by Crippen LogP contribution is 2.34. The van der Waals surface area contributed by atoms with Gasteiger partial charge < -0.3 is 4.42 Å². The third kappa shape index (κ3) is 4.33. The van der Waals surface area contributed by atoms with Gasteiger partial charge in [0.05, 0.1) is 6.04 Å². The number of hydrogen-bond donors (Lipinski definition) is 0. The molecule has 6 nitrogen and oxygen atoms in total. The van der Waals surface area contributed by atoms with Crippen molar-refractivity contribution in [3.63, 3.8) is 0 Å². The molecule has 1 atom stereocenters. The lowest BCUT2D eigenvalue weighted by atomic mass is 10.0. The Morgan fingerprint density at radius 1 is 0.944 bits per heavy atom. The highest BCUT2D eigenvalue weighted by molar-refractivity contribution is 7.98. The SMILES string of the molecule is CC(c1nnc(SCc2cc(=O)oc3ccc4ccccc4c23)n1-c1ccccc1)N1CCCCC1. The number of nitrogens with zero attached hydrogens (tertiary/aromatic N) is 4. The van der Waals surface area contributed by atoms with Gasteiger partial charge in [0, 0.05) is 22.9 Å². The van der Waals surface area contributed by atoms with Crippen molar-refractivity contribution in [2.24, 2.45) is 0 Å². The van der Waals surface area contributed by atoms with E-state index in [-0.39, 0.29) is 11.7 Å². The van der Waals surface area contributed by atoms with Crippen LogP contribution >= 0.6 is 11.8 Å². The number of fused-ring (bicyclic) bond motifs is 3. The van der Waals surface area contributed by atoms with E-state index in [1.54, 1.807) is 17.8 Å². The van der Waals surface area contributed by atoms with Gasteiger partial charge in [-0.25, -0.2) is 4.79 Å². The summed E-state index contributed by atoms with van der Waals surface area (Å²) in [6.07, 6.45) is 3.75. The zero-order valence-electron chi connectivity index (χ0n) is 20.3. The Kier molecular flexibility index (Phi) is 6.34. The fourth-order valence-corrected chi connectivity index (χ4v) is 6.15. The molecule has 0 saturated carbocycles. The summed E-state index contributed by atoms with van der Waals surface area (Å²) in [6, 6.07) is 24.2. The normalized spacial score (nSPS) is 15.5. The van der Waals surface area contributed by atoms with Crippen LogP contribution in [-0.4, -0.2) is 32.8 Å². The lowest BCUT2D eigenvalue weighted by Crippen LogP contribution is -2.33. The summed E-state index contributed by atoms with van der Waals surface area (Å²) in [4.78, 5) is 14.9. The molecule has 1 fully saturated rings. The molecule has 0 bridgehead atoms. The smallest absolute Gasteiger partial charge is 0.336 e. The minimum atomic E-state index is -0.336. The Bertz CT molecular complexity index is 1570. The van der Waals surface area contributed by atoms with Gasteiger partial charge in [0.15, 0.2) is 11.0 Å². The molecule has 5 aromatic rings. The molecule has 1 aliphatic heterocycles. The summed E-state index contributed by atoms with van der Waals surface area (Å²) >= 11 is 1.60. The molecule has 1 unspecified atom stereocenters. The molecule has 182 valence electrons. The second kappa shape index (κ2) is 9.91. The third-order valence-electron chi connectivity index (χ3n) is 7.06.